The highest BCUT2D eigenvalue weighted by Crippen LogP contribution is 2.34. The van der Waals surface area contributed by atoms with Gasteiger partial charge in [-0.05, 0) is 63.6 Å². The Bertz CT molecular complexity index is 236. The van der Waals surface area contributed by atoms with Gasteiger partial charge in [-0.3, -0.25) is 4.90 Å². The van der Waals surface area contributed by atoms with E-state index in [0.717, 1.165) is 12.5 Å². The van der Waals surface area contributed by atoms with Crippen molar-refractivity contribution in [1.82, 2.24) is 10.2 Å². The Morgan fingerprint density at radius 3 is 2.16 bits per heavy atom. The molecule has 2 heteroatoms. The average molecular weight is 268 g/mol. The standard InChI is InChI=1S/C17H36N2/c1-7-11-18-16(8-2)14(3)19-12-9-15(10-13-19)17(4,5)6/h14-16,18H,7-13H2,1-6H3. The molecule has 114 valence electrons. The van der Waals surface area contributed by atoms with Crippen LogP contribution in [0.1, 0.15) is 67.2 Å². The third kappa shape index (κ3) is 5.07. The van der Waals surface area contributed by atoms with Gasteiger partial charge in [0.1, 0.15) is 0 Å². The first kappa shape index (κ1) is 17.0. The van der Waals surface area contributed by atoms with E-state index < -0.39 is 0 Å². The molecule has 1 fully saturated rings. The average Bonchev–Trinajstić information content (AvgIpc) is 2.38. The molecule has 0 radical (unpaired) electrons. The summed E-state index contributed by atoms with van der Waals surface area (Å²) < 4.78 is 0. The van der Waals surface area contributed by atoms with E-state index in [-0.39, 0.29) is 0 Å². The second kappa shape index (κ2) is 7.64. The predicted molar refractivity (Wildman–Crippen MR) is 85.6 cm³/mol. The molecule has 1 aliphatic rings. The predicted octanol–water partition coefficient (Wildman–Crippen LogP) is 3.91. The minimum atomic E-state index is 0.486. The van der Waals surface area contributed by atoms with Crippen LogP contribution in [0.3, 0.4) is 0 Å². The number of hydrogen-bond acceptors (Lipinski definition) is 2. The van der Waals surface area contributed by atoms with Crippen molar-refractivity contribution >= 4 is 0 Å². The molecule has 0 aliphatic carbocycles. The van der Waals surface area contributed by atoms with Gasteiger partial charge in [-0.1, -0.05) is 34.6 Å². The highest BCUT2D eigenvalue weighted by atomic mass is 15.2. The molecule has 1 N–H and O–H groups in total. The summed E-state index contributed by atoms with van der Waals surface area (Å²) in [5.41, 5.74) is 0.486. The number of rotatable bonds is 6. The molecule has 1 aliphatic heterocycles. The number of nitrogens with one attached hydrogen (secondary N) is 1. The van der Waals surface area contributed by atoms with E-state index >= 15 is 0 Å². The van der Waals surface area contributed by atoms with E-state index in [1.807, 2.05) is 0 Å². The first-order valence-corrected chi connectivity index (χ1v) is 8.37. The number of piperidine rings is 1. The van der Waals surface area contributed by atoms with Crippen LogP contribution in [0.2, 0.25) is 0 Å². The lowest BCUT2D eigenvalue weighted by Crippen LogP contribution is -2.51. The SMILES string of the molecule is CCCNC(CC)C(C)N1CCC(C(C)(C)C)CC1. The first-order valence-electron chi connectivity index (χ1n) is 8.37. The second-order valence-electron chi connectivity index (χ2n) is 7.39. The minimum absolute atomic E-state index is 0.486. The summed E-state index contributed by atoms with van der Waals surface area (Å²) in [5, 5.41) is 3.72. The maximum Gasteiger partial charge on any atom is 0.0220 e. The molecule has 2 atom stereocenters. The summed E-state index contributed by atoms with van der Waals surface area (Å²) >= 11 is 0. The van der Waals surface area contributed by atoms with Crippen molar-refractivity contribution in [2.24, 2.45) is 11.3 Å². The molecular weight excluding hydrogens is 232 g/mol. The molecule has 1 rings (SSSR count). The first-order chi connectivity index (χ1) is 8.90. The summed E-state index contributed by atoms with van der Waals surface area (Å²) in [6, 6.07) is 1.34. The molecule has 2 nitrogen and oxygen atoms in total. The van der Waals surface area contributed by atoms with Crippen molar-refractivity contribution in [3.05, 3.63) is 0 Å². The zero-order chi connectivity index (χ0) is 14.5. The van der Waals surface area contributed by atoms with Crippen LogP contribution < -0.4 is 5.32 Å². The van der Waals surface area contributed by atoms with E-state index in [4.69, 9.17) is 0 Å². The lowest BCUT2D eigenvalue weighted by molar-refractivity contribution is 0.0735. The maximum absolute atomic E-state index is 3.72. The molecule has 0 amide bonds. The topological polar surface area (TPSA) is 15.3 Å². The highest BCUT2D eigenvalue weighted by Gasteiger charge is 2.31. The maximum atomic E-state index is 3.72. The molecule has 19 heavy (non-hydrogen) atoms. The van der Waals surface area contributed by atoms with Crippen molar-refractivity contribution in [3.8, 4) is 0 Å². The number of likely N-dealkylation sites (tertiary alicyclic amines) is 1. The summed E-state index contributed by atoms with van der Waals surface area (Å²) in [5.74, 6) is 0.902. The van der Waals surface area contributed by atoms with Crippen LogP contribution in [0.15, 0.2) is 0 Å². The largest absolute Gasteiger partial charge is 0.312 e. The van der Waals surface area contributed by atoms with Crippen molar-refractivity contribution in [2.75, 3.05) is 19.6 Å². The van der Waals surface area contributed by atoms with Gasteiger partial charge in [-0.25, -0.2) is 0 Å². The molecular formula is C17H36N2. The van der Waals surface area contributed by atoms with Crippen LogP contribution >= 0.6 is 0 Å². The molecule has 0 spiro atoms. The Morgan fingerprint density at radius 2 is 1.74 bits per heavy atom. The summed E-state index contributed by atoms with van der Waals surface area (Å²) in [4.78, 5) is 2.71. The van der Waals surface area contributed by atoms with E-state index in [1.54, 1.807) is 0 Å². The molecule has 0 bridgehead atoms. The van der Waals surface area contributed by atoms with Gasteiger partial charge in [0.05, 0.1) is 0 Å². The quantitative estimate of drug-likeness (QED) is 0.785. The van der Waals surface area contributed by atoms with E-state index in [1.165, 1.54) is 38.8 Å². The monoisotopic (exact) mass is 268 g/mol. The minimum Gasteiger partial charge on any atom is -0.312 e. The van der Waals surface area contributed by atoms with Crippen molar-refractivity contribution in [1.29, 1.82) is 0 Å². The van der Waals surface area contributed by atoms with E-state index in [0.29, 0.717) is 17.5 Å². The van der Waals surface area contributed by atoms with Gasteiger partial charge >= 0.3 is 0 Å². The van der Waals surface area contributed by atoms with E-state index in [2.05, 4.69) is 51.8 Å². The van der Waals surface area contributed by atoms with Gasteiger partial charge in [0.2, 0.25) is 0 Å². The second-order valence-corrected chi connectivity index (χ2v) is 7.39. The number of hydrogen-bond donors (Lipinski definition) is 1. The van der Waals surface area contributed by atoms with Gasteiger partial charge in [0.25, 0.3) is 0 Å². The lowest BCUT2D eigenvalue weighted by atomic mass is 9.75. The smallest absolute Gasteiger partial charge is 0.0220 e. The normalized spacial score (nSPS) is 22.4. The van der Waals surface area contributed by atoms with E-state index in [9.17, 15) is 0 Å². The molecule has 1 saturated heterocycles. The molecule has 1 heterocycles. The molecule has 0 aromatic carbocycles. The van der Waals surface area contributed by atoms with Crippen molar-refractivity contribution in [3.63, 3.8) is 0 Å². The third-order valence-corrected chi connectivity index (χ3v) is 5.01. The van der Waals surface area contributed by atoms with Gasteiger partial charge in [0.15, 0.2) is 0 Å². The molecule has 0 aromatic rings. The fourth-order valence-electron chi connectivity index (χ4n) is 3.41. The molecule has 2 unspecified atom stereocenters. The van der Waals surface area contributed by atoms with Gasteiger partial charge < -0.3 is 5.32 Å². The fraction of sp³-hybridized carbons (Fsp3) is 1.00. The zero-order valence-corrected chi connectivity index (χ0v) is 14.1. The van der Waals surface area contributed by atoms with Crippen LogP contribution in [-0.2, 0) is 0 Å². The third-order valence-electron chi connectivity index (χ3n) is 5.01. The summed E-state index contributed by atoms with van der Waals surface area (Å²) in [7, 11) is 0. The Labute approximate surface area is 121 Å². The number of nitrogens with zero attached hydrogens (tertiary/aromatic N) is 1. The van der Waals surface area contributed by atoms with Crippen LogP contribution in [0.4, 0.5) is 0 Å². The zero-order valence-electron chi connectivity index (χ0n) is 14.1. The Morgan fingerprint density at radius 1 is 1.16 bits per heavy atom. The van der Waals surface area contributed by atoms with Crippen LogP contribution in [0.5, 0.6) is 0 Å². The Balaban J connectivity index is 2.45. The van der Waals surface area contributed by atoms with Gasteiger partial charge in [0, 0.05) is 12.1 Å². The molecule has 0 aromatic heterocycles. The van der Waals surface area contributed by atoms with Crippen molar-refractivity contribution in [2.45, 2.75) is 79.3 Å². The van der Waals surface area contributed by atoms with Crippen molar-refractivity contribution < 1.29 is 0 Å². The van der Waals surface area contributed by atoms with Crippen LogP contribution in [-0.4, -0.2) is 36.6 Å². The summed E-state index contributed by atoms with van der Waals surface area (Å²) in [6.45, 7) is 17.9. The van der Waals surface area contributed by atoms with Crippen LogP contribution in [0.25, 0.3) is 0 Å². The van der Waals surface area contributed by atoms with Crippen LogP contribution in [0, 0.1) is 11.3 Å². The summed E-state index contributed by atoms with van der Waals surface area (Å²) in [6.07, 6.45) is 5.21. The Hall–Kier alpha value is -0.0800. The van der Waals surface area contributed by atoms with Gasteiger partial charge in [-0.2, -0.15) is 0 Å². The fourth-order valence-corrected chi connectivity index (χ4v) is 3.41. The lowest BCUT2D eigenvalue weighted by Gasteiger charge is -2.43. The highest BCUT2D eigenvalue weighted by molar-refractivity contribution is 4.86. The Kier molecular flexibility index (Phi) is 6.82. The molecule has 0 saturated carbocycles. The van der Waals surface area contributed by atoms with Gasteiger partial charge in [-0.15, -0.1) is 0 Å².